The lowest BCUT2D eigenvalue weighted by Crippen LogP contribution is -2.39. The van der Waals surface area contributed by atoms with Crippen molar-refractivity contribution in [1.82, 2.24) is 0 Å². The minimum atomic E-state index is -6.24. The largest absolute Gasteiger partial charge is 0.499 e. The molecule has 1 atom stereocenters. The van der Waals surface area contributed by atoms with Crippen molar-refractivity contribution < 1.29 is 43.7 Å². The standard InChI is InChI=1S/C5H3F9N2OS/c1-15-18(17,5(12,13)14)16-2(3(6,7)8)4(9,10)11/h1H3. The first kappa shape index (κ1) is 17.0. The van der Waals surface area contributed by atoms with Gasteiger partial charge in [-0.3, -0.25) is 0 Å². The molecule has 0 heterocycles. The van der Waals surface area contributed by atoms with E-state index in [1.807, 2.05) is 4.36 Å². The molecule has 0 aliphatic heterocycles. The Morgan fingerprint density at radius 1 is 0.889 bits per heavy atom. The molecular formula is C5H3F9N2OS. The zero-order chi connectivity index (χ0) is 15.0. The number of hydrogen-bond donors (Lipinski definition) is 0. The first-order chi connectivity index (χ1) is 7.65. The summed E-state index contributed by atoms with van der Waals surface area (Å²) in [6.45, 7) is 0. The van der Waals surface area contributed by atoms with E-state index in [1.165, 1.54) is 4.40 Å². The van der Waals surface area contributed by atoms with Crippen molar-refractivity contribution in [2.24, 2.45) is 8.76 Å². The fourth-order valence-electron chi connectivity index (χ4n) is 0.584. The molecule has 0 aliphatic rings. The van der Waals surface area contributed by atoms with Crippen LogP contribution in [0.25, 0.3) is 0 Å². The molecule has 0 aromatic heterocycles. The molecule has 108 valence electrons. The molecule has 0 saturated carbocycles. The predicted molar refractivity (Wildman–Crippen MR) is 42.1 cm³/mol. The summed E-state index contributed by atoms with van der Waals surface area (Å²) in [7, 11) is -5.89. The summed E-state index contributed by atoms with van der Waals surface area (Å²) in [4.78, 5) is 0. The summed E-state index contributed by atoms with van der Waals surface area (Å²) in [5, 5.41) is 0. The van der Waals surface area contributed by atoms with Crippen molar-refractivity contribution in [3.63, 3.8) is 0 Å². The smallest absolute Gasteiger partial charge is 0.217 e. The third-order valence-electron chi connectivity index (χ3n) is 1.30. The Morgan fingerprint density at radius 3 is 1.39 bits per heavy atom. The molecule has 0 aromatic rings. The summed E-state index contributed by atoms with van der Waals surface area (Å²) in [5.74, 6) is 0. The molecule has 0 aromatic carbocycles. The minimum Gasteiger partial charge on any atom is -0.217 e. The van der Waals surface area contributed by atoms with Crippen molar-refractivity contribution in [3.05, 3.63) is 0 Å². The molecular weight excluding hydrogens is 307 g/mol. The molecule has 0 amide bonds. The topological polar surface area (TPSA) is 41.8 Å². The van der Waals surface area contributed by atoms with Crippen molar-refractivity contribution in [2.45, 2.75) is 17.9 Å². The molecule has 0 bridgehead atoms. The van der Waals surface area contributed by atoms with Crippen LogP contribution in [-0.4, -0.2) is 34.8 Å². The van der Waals surface area contributed by atoms with E-state index >= 15 is 0 Å². The lowest BCUT2D eigenvalue weighted by molar-refractivity contribution is -0.117. The van der Waals surface area contributed by atoms with Crippen LogP contribution in [-0.2, 0) is 9.92 Å². The van der Waals surface area contributed by atoms with Crippen molar-refractivity contribution >= 4 is 15.6 Å². The van der Waals surface area contributed by atoms with Gasteiger partial charge in [-0.05, 0) is 0 Å². The van der Waals surface area contributed by atoms with Crippen LogP contribution in [0.2, 0.25) is 0 Å². The second kappa shape index (κ2) is 4.59. The second-order valence-corrected chi connectivity index (χ2v) is 4.56. The number of halogens is 9. The maximum atomic E-state index is 12.0. The number of alkyl halides is 9. The van der Waals surface area contributed by atoms with Crippen LogP contribution in [0.15, 0.2) is 8.76 Å². The summed E-state index contributed by atoms with van der Waals surface area (Å²) in [6, 6.07) is 0. The van der Waals surface area contributed by atoms with Crippen LogP contribution < -0.4 is 0 Å². The number of rotatable bonds is 1. The van der Waals surface area contributed by atoms with E-state index in [4.69, 9.17) is 0 Å². The Bertz CT molecular complexity index is 431. The van der Waals surface area contributed by atoms with Crippen molar-refractivity contribution in [1.29, 1.82) is 0 Å². The zero-order valence-corrected chi connectivity index (χ0v) is 8.93. The summed E-state index contributed by atoms with van der Waals surface area (Å²) < 4.78 is 121. The normalized spacial score (nSPS) is 17.0. The highest BCUT2D eigenvalue weighted by atomic mass is 32.2. The van der Waals surface area contributed by atoms with E-state index < -0.39 is 33.5 Å². The van der Waals surface area contributed by atoms with Gasteiger partial charge in [0.15, 0.2) is 0 Å². The lowest BCUT2D eigenvalue weighted by atomic mass is 10.4. The first-order valence-electron chi connectivity index (χ1n) is 3.61. The quantitative estimate of drug-likeness (QED) is 0.542. The van der Waals surface area contributed by atoms with E-state index in [9.17, 15) is 43.7 Å². The maximum Gasteiger partial charge on any atom is 0.499 e. The molecule has 0 aliphatic carbocycles. The minimum absolute atomic E-state index is 0.143. The molecule has 18 heavy (non-hydrogen) atoms. The van der Waals surface area contributed by atoms with Gasteiger partial charge in [-0.15, -0.1) is 0 Å². The van der Waals surface area contributed by atoms with Crippen LogP contribution in [0, 0.1) is 0 Å². The molecule has 3 nitrogen and oxygen atoms in total. The maximum absolute atomic E-state index is 12.0. The third-order valence-corrected chi connectivity index (χ3v) is 2.83. The zero-order valence-electron chi connectivity index (χ0n) is 8.11. The fourth-order valence-corrected chi connectivity index (χ4v) is 1.43. The molecule has 1 unspecified atom stereocenters. The lowest BCUT2D eigenvalue weighted by Gasteiger charge is -2.15. The molecule has 0 fully saturated rings. The number of nitrogens with zero attached hydrogens (tertiary/aromatic N) is 2. The van der Waals surface area contributed by atoms with E-state index in [0.717, 1.165) is 0 Å². The highest BCUT2D eigenvalue weighted by Gasteiger charge is 2.56. The van der Waals surface area contributed by atoms with Crippen molar-refractivity contribution in [3.8, 4) is 0 Å². The Balaban J connectivity index is 6.14. The highest BCUT2D eigenvalue weighted by Crippen LogP contribution is 2.34. The summed E-state index contributed by atoms with van der Waals surface area (Å²) >= 11 is 0. The van der Waals surface area contributed by atoms with E-state index in [-0.39, 0.29) is 7.05 Å². The SMILES string of the molecule is CN=S(=O)(N=C(C(F)(F)F)C(F)(F)F)C(F)(F)F. The van der Waals surface area contributed by atoms with Gasteiger partial charge >= 0.3 is 17.9 Å². The molecule has 0 saturated heterocycles. The first-order valence-corrected chi connectivity index (χ1v) is 5.08. The van der Waals surface area contributed by atoms with Crippen LogP contribution >= 0.6 is 0 Å². The van der Waals surface area contributed by atoms with Gasteiger partial charge in [0, 0.05) is 7.05 Å². The van der Waals surface area contributed by atoms with Gasteiger partial charge in [0.2, 0.25) is 5.71 Å². The highest BCUT2D eigenvalue weighted by molar-refractivity contribution is 7.93. The Hall–Kier alpha value is -1.01. The fraction of sp³-hybridized carbons (Fsp3) is 0.800. The third kappa shape index (κ3) is 3.74. The average molecular weight is 310 g/mol. The van der Waals surface area contributed by atoms with Gasteiger partial charge in [-0.25, -0.2) is 8.57 Å². The van der Waals surface area contributed by atoms with Gasteiger partial charge in [0.05, 0.1) is 0 Å². The monoisotopic (exact) mass is 310 g/mol. The Labute approximate surface area is 94.0 Å². The number of hydrogen-bond acceptors (Lipinski definition) is 2. The van der Waals surface area contributed by atoms with Gasteiger partial charge < -0.3 is 0 Å². The van der Waals surface area contributed by atoms with E-state index in [0.29, 0.717) is 0 Å². The molecule has 0 N–H and O–H groups in total. The van der Waals surface area contributed by atoms with Crippen LogP contribution in [0.4, 0.5) is 39.5 Å². The van der Waals surface area contributed by atoms with Gasteiger partial charge in [0.1, 0.15) is 0 Å². The Kier molecular flexibility index (Phi) is 4.33. The average Bonchev–Trinajstić information content (AvgIpc) is 2.08. The van der Waals surface area contributed by atoms with Crippen molar-refractivity contribution in [2.75, 3.05) is 7.05 Å². The Morgan fingerprint density at radius 2 is 1.22 bits per heavy atom. The summed E-state index contributed by atoms with van der Waals surface area (Å²) in [5.41, 5.74) is -9.72. The van der Waals surface area contributed by atoms with Crippen LogP contribution in [0.5, 0.6) is 0 Å². The van der Waals surface area contributed by atoms with Crippen LogP contribution in [0.3, 0.4) is 0 Å². The summed E-state index contributed by atoms with van der Waals surface area (Å²) in [6.07, 6.45) is -12.5. The van der Waals surface area contributed by atoms with Gasteiger partial charge in [0.25, 0.3) is 9.92 Å². The molecule has 0 rings (SSSR count). The van der Waals surface area contributed by atoms with Crippen LogP contribution in [0.1, 0.15) is 0 Å². The predicted octanol–water partition coefficient (Wildman–Crippen LogP) is 3.08. The van der Waals surface area contributed by atoms with E-state index in [2.05, 4.69) is 0 Å². The molecule has 13 heteroatoms. The van der Waals surface area contributed by atoms with E-state index in [1.54, 1.807) is 0 Å². The van der Waals surface area contributed by atoms with Gasteiger partial charge in [-0.1, -0.05) is 0 Å². The van der Waals surface area contributed by atoms with Gasteiger partial charge in [-0.2, -0.15) is 43.9 Å². The molecule has 0 spiro atoms. The second-order valence-electron chi connectivity index (χ2n) is 2.56. The molecule has 0 radical (unpaired) electrons.